The number of rotatable bonds is 6. The van der Waals surface area contributed by atoms with Gasteiger partial charge in [-0.2, -0.15) is 5.10 Å². The number of ether oxygens (including phenoxy) is 3. The third kappa shape index (κ3) is 4.97. The van der Waals surface area contributed by atoms with Gasteiger partial charge in [0.1, 0.15) is 6.10 Å². The summed E-state index contributed by atoms with van der Waals surface area (Å²) in [6, 6.07) is 9.07. The first-order valence-electron chi connectivity index (χ1n) is 8.83. The van der Waals surface area contributed by atoms with Crippen molar-refractivity contribution in [2.75, 3.05) is 27.3 Å². The molecule has 0 bridgehead atoms. The summed E-state index contributed by atoms with van der Waals surface area (Å²) in [6.45, 7) is 1.25. The lowest BCUT2D eigenvalue weighted by Crippen LogP contribution is -2.43. The van der Waals surface area contributed by atoms with Gasteiger partial charge in [0.25, 0.3) is 0 Å². The summed E-state index contributed by atoms with van der Waals surface area (Å²) in [4.78, 5) is 14.3. The molecule has 1 saturated heterocycles. The van der Waals surface area contributed by atoms with Crippen LogP contribution in [0.15, 0.2) is 42.6 Å². The second-order valence-corrected chi connectivity index (χ2v) is 6.18. The molecule has 1 unspecified atom stereocenters. The lowest BCUT2D eigenvalue weighted by atomic mass is 10.1. The average Bonchev–Trinajstić information content (AvgIpc) is 2.72. The number of piperidine rings is 1. The summed E-state index contributed by atoms with van der Waals surface area (Å²) in [5.74, 6) is 1.72. The third-order valence-electron chi connectivity index (χ3n) is 4.35. The molecule has 1 aliphatic rings. The van der Waals surface area contributed by atoms with E-state index in [0.29, 0.717) is 23.9 Å². The van der Waals surface area contributed by atoms with Gasteiger partial charge in [-0.3, -0.25) is 4.79 Å². The van der Waals surface area contributed by atoms with Crippen molar-refractivity contribution in [2.24, 2.45) is 0 Å². The van der Waals surface area contributed by atoms with E-state index in [0.717, 1.165) is 24.9 Å². The molecule has 1 atom stereocenters. The quantitative estimate of drug-likeness (QED) is 0.729. The minimum absolute atomic E-state index is 0.0442. The van der Waals surface area contributed by atoms with Crippen molar-refractivity contribution in [2.45, 2.75) is 18.9 Å². The van der Waals surface area contributed by atoms with E-state index in [4.69, 9.17) is 14.2 Å². The molecule has 1 aliphatic heterocycles. The van der Waals surface area contributed by atoms with Crippen LogP contribution in [0, 0.1) is 0 Å². The maximum atomic E-state index is 12.5. The highest BCUT2D eigenvalue weighted by molar-refractivity contribution is 5.92. The molecule has 3 rings (SSSR count). The molecule has 0 radical (unpaired) electrons. The van der Waals surface area contributed by atoms with Gasteiger partial charge in [-0.1, -0.05) is 6.07 Å². The van der Waals surface area contributed by atoms with Crippen LogP contribution in [0.2, 0.25) is 0 Å². The SMILES string of the molecule is COc1ccc(/C=C/C(=O)N2CCCC(Oc3cccnn3)C2)cc1OC. The minimum Gasteiger partial charge on any atom is -0.493 e. The van der Waals surface area contributed by atoms with Crippen LogP contribution in [0.5, 0.6) is 17.4 Å². The highest BCUT2D eigenvalue weighted by Crippen LogP contribution is 2.28. The van der Waals surface area contributed by atoms with Gasteiger partial charge in [0, 0.05) is 24.9 Å². The Hall–Kier alpha value is -3.09. The fraction of sp³-hybridized carbons (Fsp3) is 0.350. The van der Waals surface area contributed by atoms with Gasteiger partial charge < -0.3 is 19.1 Å². The number of amides is 1. The van der Waals surface area contributed by atoms with E-state index in [-0.39, 0.29) is 12.0 Å². The van der Waals surface area contributed by atoms with Crippen molar-refractivity contribution in [1.82, 2.24) is 15.1 Å². The fourth-order valence-corrected chi connectivity index (χ4v) is 2.98. The van der Waals surface area contributed by atoms with Gasteiger partial charge in [0.15, 0.2) is 11.5 Å². The third-order valence-corrected chi connectivity index (χ3v) is 4.35. The van der Waals surface area contributed by atoms with E-state index < -0.39 is 0 Å². The van der Waals surface area contributed by atoms with E-state index >= 15 is 0 Å². The molecular formula is C20H23N3O4. The fourth-order valence-electron chi connectivity index (χ4n) is 2.98. The molecule has 1 fully saturated rings. The Labute approximate surface area is 158 Å². The number of nitrogens with zero attached hydrogens (tertiary/aromatic N) is 3. The Kier molecular flexibility index (Phi) is 6.25. The summed E-state index contributed by atoms with van der Waals surface area (Å²) in [6.07, 6.45) is 6.65. The number of aromatic nitrogens is 2. The highest BCUT2D eigenvalue weighted by atomic mass is 16.5. The van der Waals surface area contributed by atoms with Gasteiger partial charge in [-0.15, -0.1) is 5.10 Å². The van der Waals surface area contributed by atoms with E-state index in [1.54, 1.807) is 49.6 Å². The molecule has 27 heavy (non-hydrogen) atoms. The van der Waals surface area contributed by atoms with Crippen LogP contribution in [0.3, 0.4) is 0 Å². The number of carbonyl (C=O) groups excluding carboxylic acids is 1. The summed E-state index contributed by atoms with van der Waals surface area (Å²) in [7, 11) is 3.17. The normalized spacial score (nSPS) is 17.0. The van der Waals surface area contributed by atoms with Gasteiger partial charge in [-0.05, 0) is 42.7 Å². The summed E-state index contributed by atoms with van der Waals surface area (Å²) in [5.41, 5.74) is 0.866. The van der Waals surface area contributed by atoms with Crippen molar-refractivity contribution in [3.05, 3.63) is 48.2 Å². The molecule has 1 amide bonds. The number of likely N-dealkylation sites (tertiary alicyclic amines) is 1. The topological polar surface area (TPSA) is 73.8 Å². The molecule has 0 saturated carbocycles. The van der Waals surface area contributed by atoms with E-state index in [2.05, 4.69) is 10.2 Å². The zero-order valence-corrected chi connectivity index (χ0v) is 15.5. The van der Waals surface area contributed by atoms with Gasteiger partial charge in [0.05, 0.1) is 20.8 Å². The van der Waals surface area contributed by atoms with Crippen LogP contribution in [-0.2, 0) is 4.79 Å². The van der Waals surface area contributed by atoms with Crippen LogP contribution >= 0.6 is 0 Å². The molecule has 0 spiro atoms. The number of hydrogen-bond acceptors (Lipinski definition) is 6. The summed E-state index contributed by atoms with van der Waals surface area (Å²) >= 11 is 0. The zero-order chi connectivity index (χ0) is 19.1. The van der Waals surface area contributed by atoms with E-state index in [9.17, 15) is 4.79 Å². The first kappa shape index (κ1) is 18.7. The van der Waals surface area contributed by atoms with Crippen LogP contribution < -0.4 is 14.2 Å². The smallest absolute Gasteiger partial charge is 0.246 e. The number of carbonyl (C=O) groups is 1. The summed E-state index contributed by atoms with van der Waals surface area (Å²) < 4.78 is 16.3. The predicted molar refractivity (Wildman–Crippen MR) is 101 cm³/mol. The van der Waals surface area contributed by atoms with Crippen LogP contribution in [-0.4, -0.2) is 54.4 Å². The first-order chi connectivity index (χ1) is 13.2. The maximum absolute atomic E-state index is 12.5. The Balaban J connectivity index is 1.61. The highest BCUT2D eigenvalue weighted by Gasteiger charge is 2.24. The molecule has 2 aromatic rings. The second kappa shape index (κ2) is 9.02. The second-order valence-electron chi connectivity index (χ2n) is 6.18. The molecule has 7 heteroatoms. The van der Waals surface area contributed by atoms with Crippen LogP contribution in [0.1, 0.15) is 18.4 Å². The monoisotopic (exact) mass is 369 g/mol. The van der Waals surface area contributed by atoms with Crippen molar-refractivity contribution < 1.29 is 19.0 Å². The minimum atomic E-state index is -0.0751. The lowest BCUT2D eigenvalue weighted by molar-refractivity contribution is -0.128. The predicted octanol–water partition coefficient (Wildman–Crippen LogP) is 2.58. The van der Waals surface area contributed by atoms with Crippen LogP contribution in [0.25, 0.3) is 6.08 Å². The van der Waals surface area contributed by atoms with Crippen molar-refractivity contribution >= 4 is 12.0 Å². The summed E-state index contributed by atoms with van der Waals surface area (Å²) in [5, 5.41) is 7.75. The Morgan fingerprint density at radius 3 is 2.81 bits per heavy atom. The maximum Gasteiger partial charge on any atom is 0.246 e. The average molecular weight is 369 g/mol. The number of benzene rings is 1. The molecule has 0 aliphatic carbocycles. The van der Waals surface area contributed by atoms with Crippen molar-refractivity contribution in [3.8, 4) is 17.4 Å². The molecule has 1 aromatic carbocycles. The molecule has 7 nitrogen and oxygen atoms in total. The van der Waals surface area contributed by atoms with Crippen LogP contribution in [0.4, 0.5) is 0 Å². The van der Waals surface area contributed by atoms with Gasteiger partial charge in [0.2, 0.25) is 11.8 Å². The number of methoxy groups -OCH3 is 2. The largest absolute Gasteiger partial charge is 0.493 e. The molecule has 2 heterocycles. The standard InChI is InChI=1S/C20H23N3O4/c1-25-17-9-7-15(13-18(17)26-2)8-10-20(24)23-12-4-5-16(14-23)27-19-6-3-11-21-22-19/h3,6-11,13,16H,4-5,12,14H2,1-2H3/b10-8+. The Morgan fingerprint density at radius 1 is 1.22 bits per heavy atom. The molecule has 1 aromatic heterocycles. The van der Waals surface area contributed by atoms with Crippen molar-refractivity contribution in [1.29, 1.82) is 0 Å². The lowest BCUT2D eigenvalue weighted by Gasteiger charge is -2.31. The first-order valence-corrected chi connectivity index (χ1v) is 8.83. The molecule has 0 N–H and O–H groups in total. The Bertz CT molecular complexity index is 795. The zero-order valence-electron chi connectivity index (χ0n) is 15.5. The van der Waals surface area contributed by atoms with Crippen molar-refractivity contribution in [3.63, 3.8) is 0 Å². The van der Waals surface area contributed by atoms with E-state index in [1.807, 2.05) is 18.2 Å². The van der Waals surface area contributed by atoms with E-state index in [1.165, 1.54) is 0 Å². The number of hydrogen-bond donors (Lipinski definition) is 0. The molecular weight excluding hydrogens is 346 g/mol. The van der Waals surface area contributed by atoms with Gasteiger partial charge in [-0.25, -0.2) is 0 Å². The molecule has 142 valence electrons. The van der Waals surface area contributed by atoms with Gasteiger partial charge >= 0.3 is 0 Å². The Morgan fingerprint density at radius 2 is 2.07 bits per heavy atom.